The Morgan fingerprint density at radius 3 is 2.59 bits per heavy atom. The second-order valence-electron chi connectivity index (χ2n) is 5.46. The summed E-state index contributed by atoms with van der Waals surface area (Å²) >= 11 is 12.5. The molecule has 0 heterocycles. The minimum absolute atomic E-state index is 0.184. The molecule has 0 aliphatic heterocycles. The minimum atomic E-state index is -0.687. The Hall–Kier alpha value is -3.07. The predicted molar refractivity (Wildman–Crippen MR) is 110 cm³/mol. The Morgan fingerprint density at radius 1 is 1.17 bits per heavy atom. The number of carbonyl (C=O) groups is 2. The van der Waals surface area contributed by atoms with E-state index in [0.29, 0.717) is 22.4 Å². The number of hydrogen-bond acceptors (Lipinski definition) is 6. The van der Waals surface area contributed by atoms with E-state index >= 15 is 0 Å². The maximum Gasteiger partial charge on any atom is 0.271 e. The molecule has 0 atom stereocenters. The Labute approximate surface area is 176 Å². The Bertz CT molecular complexity index is 977. The number of nitrogens with one attached hydrogen (secondary N) is 2. The first-order valence-electron chi connectivity index (χ1n) is 8.06. The number of hydrazone groups is 1. The topological polar surface area (TPSA) is 109 Å². The van der Waals surface area contributed by atoms with Crippen molar-refractivity contribution in [2.45, 2.75) is 0 Å². The van der Waals surface area contributed by atoms with Crippen LogP contribution in [-0.4, -0.2) is 37.5 Å². The zero-order chi connectivity index (χ0) is 21.4. The molecule has 0 aliphatic rings. The molecule has 0 aromatic heterocycles. The summed E-state index contributed by atoms with van der Waals surface area (Å²) in [7, 11) is 2.89. The van der Waals surface area contributed by atoms with Crippen LogP contribution in [0.2, 0.25) is 10.0 Å². The number of amides is 2. The minimum Gasteiger partial charge on any atom is -0.493 e. The van der Waals surface area contributed by atoms with Gasteiger partial charge in [0, 0.05) is 23.3 Å². The third-order valence-corrected chi connectivity index (χ3v) is 4.33. The van der Waals surface area contributed by atoms with Crippen molar-refractivity contribution < 1.29 is 24.3 Å². The number of methoxy groups -OCH3 is 2. The van der Waals surface area contributed by atoms with Crippen LogP contribution in [0.3, 0.4) is 0 Å². The molecule has 2 aromatic rings. The molecule has 0 unspecified atom stereocenters. The van der Waals surface area contributed by atoms with Gasteiger partial charge in [-0.25, -0.2) is 10.9 Å². The van der Waals surface area contributed by atoms with Crippen molar-refractivity contribution in [2.75, 3.05) is 14.2 Å². The summed E-state index contributed by atoms with van der Waals surface area (Å²) in [6.45, 7) is 0. The van der Waals surface area contributed by atoms with Gasteiger partial charge in [0.2, 0.25) is 0 Å². The van der Waals surface area contributed by atoms with E-state index in [-0.39, 0.29) is 15.8 Å². The molecule has 0 radical (unpaired) electrons. The lowest BCUT2D eigenvalue weighted by atomic mass is 10.1. The monoisotopic (exact) mass is 437 g/mol. The van der Waals surface area contributed by atoms with Crippen LogP contribution in [0.25, 0.3) is 6.08 Å². The molecule has 0 saturated carbocycles. The lowest BCUT2D eigenvalue weighted by molar-refractivity contribution is -0.124. The molecular weight excluding hydrogens is 421 g/mol. The van der Waals surface area contributed by atoms with Gasteiger partial charge in [0.05, 0.1) is 30.5 Å². The van der Waals surface area contributed by atoms with Crippen LogP contribution in [0.1, 0.15) is 21.5 Å². The molecule has 3 N–H and O–H groups in total. The van der Waals surface area contributed by atoms with Gasteiger partial charge in [0.1, 0.15) is 0 Å². The lowest BCUT2D eigenvalue weighted by Gasteiger charge is -2.12. The maximum absolute atomic E-state index is 12.3. The summed E-state index contributed by atoms with van der Waals surface area (Å²) in [5.74, 6) is -0.523. The first-order chi connectivity index (χ1) is 13.9. The van der Waals surface area contributed by atoms with Crippen molar-refractivity contribution in [1.82, 2.24) is 10.9 Å². The number of hydroxylamine groups is 1. The normalized spacial score (nSPS) is 10.9. The van der Waals surface area contributed by atoms with Gasteiger partial charge in [-0.3, -0.25) is 14.8 Å². The fourth-order valence-electron chi connectivity index (χ4n) is 2.27. The van der Waals surface area contributed by atoms with Gasteiger partial charge in [0.15, 0.2) is 11.5 Å². The fraction of sp³-hybridized carbons (Fsp3) is 0.105. The predicted octanol–water partition coefficient (Wildman–Crippen LogP) is 3.29. The van der Waals surface area contributed by atoms with Gasteiger partial charge in [-0.15, -0.1) is 0 Å². The van der Waals surface area contributed by atoms with Crippen molar-refractivity contribution in [3.63, 3.8) is 0 Å². The van der Waals surface area contributed by atoms with E-state index in [2.05, 4.69) is 10.5 Å². The molecular formula is C19H17Cl2N3O5. The highest BCUT2D eigenvalue weighted by Gasteiger charge is 2.16. The second kappa shape index (κ2) is 10.5. The standard InChI is InChI=1S/C19H17Cl2N3O5/c1-28-15-9-14(20)13(17(21)18(15)29-2)10-22-23-19(26)12-5-3-4-11(8-12)6-7-16(25)24-27/h3-10,27H,1-2H3,(H,23,26)(H,24,25). The molecule has 0 fully saturated rings. The van der Waals surface area contributed by atoms with Crippen LogP contribution in [0, 0.1) is 0 Å². The first kappa shape index (κ1) is 22.2. The van der Waals surface area contributed by atoms with Crippen LogP contribution in [-0.2, 0) is 4.79 Å². The molecule has 2 aromatic carbocycles. The third-order valence-electron chi connectivity index (χ3n) is 3.64. The average molecular weight is 438 g/mol. The fourth-order valence-corrected chi connectivity index (χ4v) is 2.88. The number of ether oxygens (including phenoxy) is 2. The molecule has 2 rings (SSSR count). The summed E-state index contributed by atoms with van der Waals surface area (Å²) in [6, 6.07) is 7.96. The number of hydrogen-bond donors (Lipinski definition) is 3. The number of rotatable bonds is 7. The number of halogens is 2. The molecule has 0 saturated heterocycles. The highest BCUT2D eigenvalue weighted by atomic mass is 35.5. The third kappa shape index (κ3) is 5.71. The summed E-state index contributed by atoms with van der Waals surface area (Å²) in [5, 5.41) is 12.8. The highest BCUT2D eigenvalue weighted by molar-refractivity contribution is 6.40. The van der Waals surface area contributed by atoms with E-state index in [1.165, 1.54) is 38.1 Å². The zero-order valence-corrected chi connectivity index (χ0v) is 16.9. The van der Waals surface area contributed by atoms with Gasteiger partial charge in [-0.1, -0.05) is 35.3 Å². The highest BCUT2D eigenvalue weighted by Crippen LogP contribution is 2.40. The van der Waals surface area contributed by atoms with Crippen LogP contribution in [0.15, 0.2) is 41.5 Å². The van der Waals surface area contributed by atoms with Crippen LogP contribution >= 0.6 is 23.2 Å². The average Bonchev–Trinajstić information content (AvgIpc) is 2.73. The summed E-state index contributed by atoms with van der Waals surface area (Å²) < 4.78 is 10.4. The molecule has 152 valence electrons. The second-order valence-corrected chi connectivity index (χ2v) is 6.24. The smallest absolute Gasteiger partial charge is 0.271 e. The van der Waals surface area contributed by atoms with Crippen LogP contribution in [0.5, 0.6) is 11.5 Å². The molecule has 0 bridgehead atoms. The number of benzene rings is 2. The molecule has 2 amide bonds. The quantitative estimate of drug-likeness (QED) is 0.266. The van der Waals surface area contributed by atoms with Gasteiger partial charge >= 0.3 is 0 Å². The largest absolute Gasteiger partial charge is 0.493 e. The van der Waals surface area contributed by atoms with E-state index in [1.807, 2.05) is 0 Å². The van der Waals surface area contributed by atoms with Crippen molar-refractivity contribution >= 4 is 47.3 Å². The van der Waals surface area contributed by atoms with Crippen molar-refractivity contribution in [3.05, 3.63) is 63.1 Å². The van der Waals surface area contributed by atoms with E-state index in [4.69, 9.17) is 37.9 Å². The van der Waals surface area contributed by atoms with Crippen LogP contribution in [0.4, 0.5) is 0 Å². The maximum atomic E-state index is 12.3. The molecule has 10 heteroatoms. The van der Waals surface area contributed by atoms with E-state index in [1.54, 1.807) is 24.3 Å². The van der Waals surface area contributed by atoms with Gasteiger partial charge in [0.25, 0.3) is 11.8 Å². The van der Waals surface area contributed by atoms with Gasteiger partial charge < -0.3 is 9.47 Å². The Morgan fingerprint density at radius 2 is 1.93 bits per heavy atom. The van der Waals surface area contributed by atoms with Crippen LogP contribution < -0.4 is 20.4 Å². The first-order valence-corrected chi connectivity index (χ1v) is 8.82. The number of nitrogens with zero attached hydrogens (tertiary/aromatic N) is 1. The van der Waals surface area contributed by atoms with Gasteiger partial charge in [-0.05, 0) is 23.8 Å². The van der Waals surface area contributed by atoms with Crippen molar-refractivity contribution in [1.29, 1.82) is 0 Å². The molecule has 8 nitrogen and oxygen atoms in total. The van der Waals surface area contributed by atoms with Crippen molar-refractivity contribution in [2.24, 2.45) is 5.10 Å². The summed E-state index contributed by atoms with van der Waals surface area (Å²) in [4.78, 5) is 23.3. The number of carbonyl (C=O) groups excluding carboxylic acids is 2. The molecule has 0 aliphatic carbocycles. The van der Waals surface area contributed by atoms with Crippen molar-refractivity contribution in [3.8, 4) is 11.5 Å². The molecule has 0 spiro atoms. The summed E-state index contributed by atoms with van der Waals surface area (Å²) in [5.41, 5.74) is 5.08. The van der Waals surface area contributed by atoms with E-state index < -0.39 is 11.8 Å². The van der Waals surface area contributed by atoms with E-state index in [0.717, 1.165) is 6.08 Å². The summed E-state index contributed by atoms with van der Waals surface area (Å²) in [6.07, 6.45) is 3.85. The SMILES string of the molecule is COc1cc(Cl)c(C=NNC(=O)c2cccc(C=CC(=O)NO)c2)c(Cl)c1OC. The van der Waals surface area contributed by atoms with E-state index in [9.17, 15) is 9.59 Å². The Kier molecular flexibility index (Phi) is 8.02. The molecule has 29 heavy (non-hydrogen) atoms. The Balaban J connectivity index is 2.16. The zero-order valence-electron chi connectivity index (χ0n) is 15.4. The van der Waals surface area contributed by atoms with Gasteiger partial charge in [-0.2, -0.15) is 5.10 Å². The lowest BCUT2D eigenvalue weighted by Crippen LogP contribution is -2.17.